The molecule has 0 saturated carbocycles. The molecular weight excluding hydrogens is 510 g/mol. The Labute approximate surface area is 201 Å². The van der Waals surface area contributed by atoms with Gasteiger partial charge in [-0.1, -0.05) is 29.8 Å². The van der Waals surface area contributed by atoms with Crippen LogP contribution in [0.25, 0.3) is 0 Å². The largest absolute Gasteiger partial charge is 0.492 e. The van der Waals surface area contributed by atoms with Gasteiger partial charge in [0, 0.05) is 6.07 Å². The van der Waals surface area contributed by atoms with Gasteiger partial charge in [-0.15, -0.1) is 0 Å². The van der Waals surface area contributed by atoms with Crippen molar-refractivity contribution in [1.29, 1.82) is 0 Å². The Kier molecular flexibility index (Phi) is 7.93. The highest BCUT2D eigenvalue weighted by molar-refractivity contribution is 9.10. The molecule has 33 heavy (non-hydrogen) atoms. The Balaban J connectivity index is 1.90. The number of rotatable bonds is 9. The van der Waals surface area contributed by atoms with Crippen molar-refractivity contribution >= 4 is 43.8 Å². The Hall–Kier alpha value is -3.11. The summed E-state index contributed by atoms with van der Waals surface area (Å²) < 4.78 is 39.9. The van der Waals surface area contributed by atoms with Crippen molar-refractivity contribution in [2.24, 2.45) is 5.10 Å². The van der Waals surface area contributed by atoms with Crippen LogP contribution in [-0.2, 0) is 14.8 Å². The molecule has 0 radical (unpaired) electrons. The van der Waals surface area contributed by atoms with Crippen LogP contribution in [0.5, 0.6) is 5.75 Å². The van der Waals surface area contributed by atoms with Crippen LogP contribution >= 0.6 is 15.9 Å². The number of hydrazone groups is 1. The van der Waals surface area contributed by atoms with Gasteiger partial charge in [-0.05, 0) is 61.0 Å². The van der Waals surface area contributed by atoms with Crippen LogP contribution < -0.4 is 14.5 Å². The van der Waals surface area contributed by atoms with E-state index >= 15 is 0 Å². The number of ether oxygens (including phenoxy) is 1. The summed E-state index contributed by atoms with van der Waals surface area (Å²) >= 11 is 3.34. The number of nitrogens with zero attached hydrogens (tertiary/aromatic N) is 2. The number of carbonyl (C=O) groups is 1. The van der Waals surface area contributed by atoms with E-state index in [0.717, 1.165) is 14.3 Å². The number of furan rings is 1. The van der Waals surface area contributed by atoms with Gasteiger partial charge in [0.15, 0.2) is 0 Å². The van der Waals surface area contributed by atoms with Crippen molar-refractivity contribution in [2.75, 3.05) is 17.5 Å². The molecule has 10 heteroatoms. The lowest BCUT2D eigenvalue weighted by Crippen LogP contribution is -2.39. The summed E-state index contributed by atoms with van der Waals surface area (Å²) in [6.07, 6.45) is 1.34. The molecule has 0 aliphatic heterocycles. The molecule has 0 bridgehead atoms. The lowest BCUT2D eigenvalue weighted by atomic mass is 10.2. The third-order valence-electron chi connectivity index (χ3n) is 4.59. The molecule has 3 aromatic rings. The first kappa shape index (κ1) is 24.5. The summed E-state index contributed by atoms with van der Waals surface area (Å²) in [5.41, 5.74) is 3.53. The number of carbonyl (C=O) groups excluding carboxylic acids is 1. The van der Waals surface area contributed by atoms with E-state index in [0.29, 0.717) is 23.9 Å². The van der Waals surface area contributed by atoms with E-state index in [2.05, 4.69) is 26.5 Å². The average molecular weight is 534 g/mol. The van der Waals surface area contributed by atoms with Gasteiger partial charge < -0.3 is 9.15 Å². The van der Waals surface area contributed by atoms with E-state index in [4.69, 9.17) is 9.15 Å². The van der Waals surface area contributed by atoms with Crippen LogP contribution in [-0.4, -0.2) is 33.7 Å². The van der Waals surface area contributed by atoms with Gasteiger partial charge in [0.25, 0.3) is 15.9 Å². The second-order valence-electron chi connectivity index (χ2n) is 7.07. The maximum absolute atomic E-state index is 13.5. The number of sulfonamides is 1. The molecule has 0 atom stereocenters. The predicted octanol–water partition coefficient (Wildman–Crippen LogP) is 4.40. The van der Waals surface area contributed by atoms with E-state index < -0.39 is 22.5 Å². The molecule has 174 valence electrons. The fraction of sp³-hybridized carbons (Fsp3) is 0.217. The highest BCUT2D eigenvalue weighted by Gasteiger charge is 2.29. The van der Waals surface area contributed by atoms with Gasteiger partial charge >= 0.3 is 0 Å². The maximum atomic E-state index is 13.5. The number of aryl methyl sites for hydroxylation is 2. The van der Waals surface area contributed by atoms with E-state index in [9.17, 15) is 13.2 Å². The zero-order valence-corrected chi connectivity index (χ0v) is 20.8. The maximum Gasteiger partial charge on any atom is 0.264 e. The smallest absolute Gasteiger partial charge is 0.264 e. The summed E-state index contributed by atoms with van der Waals surface area (Å²) in [5, 5.41) is 3.88. The first-order valence-electron chi connectivity index (χ1n) is 10.1. The van der Waals surface area contributed by atoms with E-state index in [-0.39, 0.29) is 10.6 Å². The lowest BCUT2D eigenvalue weighted by Gasteiger charge is -2.25. The number of hydrogen-bond acceptors (Lipinski definition) is 6. The number of amides is 1. The second-order valence-corrected chi connectivity index (χ2v) is 9.79. The molecule has 1 aromatic heterocycles. The predicted molar refractivity (Wildman–Crippen MR) is 130 cm³/mol. The van der Waals surface area contributed by atoms with Crippen LogP contribution in [0.2, 0.25) is 0 Å². The SMILES string of the molecule is CCOc1ccccc1N(CC(=O)N/N=C\c1cc(Br)c(C)o1)S(=O)(=O)c1ccc(C)cc1. The Bertz CT molecular complexity index is 1230. The van der Waals surface area contributed by atoms with Crippen molar-refractivity contribution in [2.45, 2.75) is 25.7 Å². The first-order valence-corrected chi connectivity index (χ1v) is 12.3. The number of anilines is 1. The fourth-order valence-corrected chi connectivity index (χ4v) is 4.69. The molecule has 0 aliphatic rings. The molecule has 1 heterocycles. The minimum atomic E-state index is -4.07. The second kappa shape index (κ2) is 10.7. The minimum Gasteiger partial charge on any atom is -0.492 e. The molecule has 2 aromatic carbocycles. The van der Waals surface area contributed by atoms with Crippen LogP contribution in [0.4, 0.5) is 5.69 Å². The standard InChI is InChI=1S/C23H24BrN3O5S/c1-4-31-22-8-6-5-7-21(22)27(33(29,30)19-11-9-16(2)10-12-19)15-23(28)26-25-14-18-13-20(24)17(3)32-18/h5-14H,4,15H2,1-3H3,(H,26,28)/b25-14-. The van der Waals surface area contributed by atoms with Crippen molar-refractivity contribution in [1.82, 2.24) is 5.43 Å². The first-order chi connectivity index (χ1) is 15.7. The molecule has 0 spiro atoms. The van der Waals surface area contributed by atoms with E-state index in [1.807, 2.05) is 6.92 Å². The van der Waals surface area contributed by atoms with Crippen molar-refractivity contribution in [3.05, 3.63) is 76.2 Å². The Morgan fingerprint density at radius 2 is 1.88 bits per heavy atom. The zero-order valence-electron chi connectivity index (χ0n) is 18.4. The lowest BCUT2D eigenvalue weighted by molar-refractivity contribution is -0.119. The number of para-hydroxylation sites is 2. The van der Waals surface area contributed by atoms with Crippen molar-refractivity contribution in [3.8, 4) is 5.75 Å². The monoisotopic (exact) mass is 533 g/mol. The van der Waals surface area contributed by atoms with Gasteiger partial charge in [-0.2, -0.15) is 5.10 Å². The van der Waals surface area contributed by atoms with Gasteiger partial charge in [0.2, 0.25) is 0 Å². The molecule has 0 saturated heterocycles. The van der Waals surface area contributed by atoms with E-state index in [1.54, 1.807) is 56.3 Å². The summed E-state index contributed by atoms with van der Waals surface area (Å²) in [5.74, 6) is 0.828. The fourth-order valence-electron chi connectivity index (χ4n) is 2.96. The molecule has 0 fully saturated rings. The minimum absolute atomic E-state index is 0.0617. The van der Waals surface area contributed by atoms with Gasteiger partial charge in [0.1, 0.15) is 23.8 Å². The summed E-state index contributed by atoms with van der Waals surface area (Å²) in [4.78, 5) is 12.7. The number of nitrogens with one attached hydrogen (secondary N) is 1. The van der Waals surface area contributed by atoms with Crippen LogP contribution in [0.15, 0.2) is 73.5 Å². The topological polar surface area (TPSA) is 101 Å². The Morgan fingerprint density at radius 1 is 1.18 bits per heavy atom. The molecule has 1 amide bonds. The quantitative estimate of drug-likeness (QED) is 0.324. The van der Waals surface area contributed by atoms with Crippen molar-refractivity contribution < 1.29 is 22.4 Å². The average Bonchev–Trinajstić information content (AvgIpc) is 3.10. The summed E-state index contributed by atoms with van der Waals surface area (Å²) in [6, 6.07) is 14.8. The van der Waals surface area contributed by atoms with Gasteiger partial charge in [-0.3, -0.25) is 9.10 Å². The van der Waals surface area contributed by atoms with Crippen LogP contribution in [0.1, 0.15) is 24.0 Å². The molecule has 0 aliphatic carbocycles. The van der Waals surface area contributed by atoms with Crippen molar-refractivity contribution in [3.63, 3.8) is 0 Å². The summed E-state index contributed by atoms with van der Waals surface area (Å²) in [7, 11) is -4.07. The highest BCUT2D eigenvalue weighted by atomic mass is 79.9. The normalized spacial score (nSPS) is 11.5. The zero-order chi connectivity index (χ0) is 24.0. The molecule has 3 rings (SSSR count). The van der Waals surface area contributed by atoms with Crippen LogP contribution in [0, 0.1) is 13.8 Å². The number of hydrogen-bond donors (Lipinski definition) is 1. The molecule has 0 unspecified atom stereocenters. The summed E-state index contributed by atoms with van der Waals surface area (Å²) in [6.45, 7) is 5.28. The van der Waals surface area contributed by atoms with Gasteiger partial charge in [-0.25, -0.2) is 13.8 Å². The molecule has 8 nitrogen and oxygen atoms in total. The molecular formula is C23H24BrN3O5S. The van der Waals surface area contributed by atoms with Crippen LogP contribution in [0.3, 0.4) is 0 Å². The van der Waals surface area contributed by atoms with E-state index in [1.165, 1.54) is 18.3 Å². The third kappa shape index (κ3) is 6.02. The highest BCUT2D eigenvalue weighted by Crippen LogP contribution is 2.32. The third-order valence-corrected chi connectivity index (χ3v) is 7.15. The van der Waals surface area contributed by atoms with Gasteiger partial charge in [0.05, 0.1) is 27.9 Å². The Morgan fingerprint density at radius 3 is 2.52 bits per heavy atom. The number of benzene rings is 2. The number of halogens is 1. The molecule has 1 N–H and O–H groups in total.